The summed E-state index contributed by atoms with van der Waals surface area (Å²) >= 11 is 0. The summed E-state index contributed by atoms with van der Waals surface area (Å²) in [6.07, 6.45) is 4.86. The molecule has 0 saturated carbocycles. The maximum atomic E-state index is 13.0. The fourth-order valence-corrected chi connectivity index (χ4v) is 5.38. The second-order valence-corrected chi connectivity index (χ2v) is 10.3. The average molecular weight is 456 g/mol. The molecule has 1 amide bonds. The first-order chi connectivity index (χ1) is 15.3. The van der Waals surface area contributed by atoms with Crippen molar-refractivity contribution in [2.75, 3.05) is 37.3 Å². The number of fused-ring (bicyclic) bond motifs is 1. The number of carbonyl (C=O) groups is 1. The summed E-state index contributed by atoms with van der Waals surface area (Å²) in [5.74, 6) is 0.989. The van der Waals surface area contributed by atoms with Crippen LogP contribution in [0.1, 0.15) is 29.9 Å². The van der Waals surface area contributed by atoms with Crippen LogP contribution in [0, 0.1) is 6.92 Å². The Balaban J connectivity index is 1.46. The smallest absolute Gasteiger partial charge is 0.243 e. The van der Waals surface area contributed by atoms with Crippen LogP contribution in [-0.4, -0.2) is 57.2 Å². The van der Waals surface area contributed by atoms with Crippen molar-refractivity contribution in [1.29, 1.82) is 0 Å². The number of benzene rings is 2. The summed E-state index contributed by atoms with van der Waals surface area (Å²) in [5, 5.41) is 1.15. The third-order valence-corrected chi connectivity index (χ3v) is 7.40. The van der Waals surface area contributed by atoms with Crippen LogP contribution in [0.25, 0.3) is 10.9 Å². The van der Waals surface area contributed by atoms with Gasteiger partial charge >= 0.3 is 0 Å². The molecule has 0 radical (unpaired) electrons. The summed E-state index contributed by atoms with van der Waals surface area (Å²) in [4.78, 5) is 18.1. The van der Waals surface area contributed by atoms with E-state index in [-0.39, 0.29) is 12.5 Å². The standard InChI is InChI=1S/C24H29N3O4S/c1-17-6-4-5-7-23(17)27(32(3,29)30)16-24(28)26-12-10-18(11-13-26)21-15-25-22-9-8-19(31-2)14-20(21)22/h4-9,14-15,18,25H,10-13,16H2,1-3H3. The van der Waals surface area contributed by atoms with Gasteiger partial charge in [-0.25, -0.2) is 8.42 Å². The molecule has 0 unspecified atom stereocenters. The lowest BCUT2D eigenvalue weighted by Crippen LogP contribution is -2.45. The van der Waals surface area contributed by atoms with Crippen molar-refractivity contribution >= 4 is 32.5 Å². The highest BCUT2D eigenvalue weighted by Gasteiger charge is 2.29. The Hall–Kier alpha value is -3.00. The molecule has 1 fully saturated rings. The van der Waals surface area contributed by atoms with E-state index in [1.54, 1.807) is 24.1 Å². The molecular formula is C24H29N3O4S. The van der Waals surface area contributed by atoms with Gasteiger partial charge < -0.3 is 14.6 Å². The van der Waals surface area contributed by atoms with Crippen molar-refractivity contribution in [3.63, 3.8) is 0 Å². The van der Waals surface area contributed by atoms with Gasteiger partial charge in [0.25, 0.3) is 0 Å². The number of aromatic amines is 1. The van der Waals surface area contributed by atoms with Gasteiger partial charge in [0.1, 0.15) is 12.3 Å². The monoisotopic (exact) mass is 455 g/mol. The van der Waals surface area contributed by atoms with Crippen LogP contribution in [0.2, 0.25) is 0 Å². The molecule has 170 valence electrons. The summed E-state index contributed by atoms with van der Waals surface area (Å²) in [6, 6.07) is 13.2. The molecular weight excluding hydrogens is 426 g/mol. The molecule has 1 aromatic heterocycles. The molecule has 3 aromatic rings. The van der Waals surface area contributed by atoms with Crippen molar-refractivity contribution < 1.29 is 17.9 Å². The van der Waals surface area contributed by atoms with Crippen LogP contribution in [0.3, 0.4) is 0 Å². The largest absolute Gasteiger partial charge is 0.497 e. The molecule has 0 spiro atoms. The third kappa shape index (κ3) is 4.46. The van der Waals surface area contributed by atoms with Gasteiger partial charge in [-0.1, -0.05) is 18.2 Å². The summed E-state index contributed by atoms with van der Waals surface area (Å²) in [7, 11) is -1.92. The zero-order valence-corrected chi connectivity index (χ0v) is 19.5. The molecule has 0 bridgehead atoms. The topological polar surface area (TPSA) is 82.7 Å². The zero-order chi connectivity index (χ0) is 22.9. The minimum absolute atomic E-state index is 0.169. The van der Waals surface area contributed by atoms with E-state index >= 15 is 0 Å². The lowest BCUT2D eigenvalue weighted by Gasteiger charge is -2.34. The Bertz CT molecular complexity index is 1230. The van der Waals surface area contributed by atoms with E-state index in [1.165, 1.54) is 9.87 Å². The number of ether oxygens (including phenoxy) is 1. The van der Waals surface area contributed by atoms with Crippen LogP contribution in [0.4, 0.5) is 5.69 Å². The van der Waals surface area contributed by atoms with Crippen LogP contribution >= 0.6 is 0 Å². The van der Waals surface area contributed by atoms with Crippen molar-refractivity contribution in [2.45, 2.75) is 25.7 Å². The van der Waals surface area contributed by atoms with Crippen molar-refractivity contribution in [3.05, 3.63) is 59.8 Å². The van der Waals surface area contributed by atoms with E-state index in [9.17, 15) is 13.2 Å². The number of rotatable bonds is 6. The fourth-order valence-electron chi connectivity index (χ4n) is 4.47. The molecule has 1 saturated heterocycles. The molecule has 2 heterocycles. The molecule has 4 rings (SSSR count). The first kappa shape index (κ1) is 22.2. The van der Waals surface area contributed by atoms with Gasteiger partial charge in [-0.15, -0.1) is 0 Å². The number of sulfonamides is 1. The Morgan fingerprint density at radius 1 is 1.19 bits per heavy atom. The number of methoxy groups -OCH3 is 1. The predicted molar refractivity (Wildman–Crippen MR) is 127 cm³/mol. The number of likely N-dealkylation sites (tertiary alicyclic amines) is 1. The van der Waals surface area contributed by atoms with Gasteiger partial charge in [0, 0.05) is 30.2 Å². The van der Waals surface area contributed by atoms with Gasteiger partial charge in [0.2, 0.25) is 15.9 Å². The number of H-pyrrole nitrogens is 1. The van der Waals surface area contributed by atoms with Crippen LogP contribution in [0.15, 0.2) is 48.7 Å². The number of nitrogens with zero attached hydrogens (tertiary/aromatic N) is 2. The third-order valence-electron chi connectivity index (χ3n) is 6.27. The summed E-state index contributed by atoms with van der Waals surface area (Å²) in [6.45, 7) is 2.87. The Morgan fingerprint density at radius 2 is 1.91 bits per heavy atom. The normalized spacial score (nSPS) is 15.2. The minimum atomic E-state index is -3.58. The maximum Gasteiger partial charge on any atom is 0.243 e. The van der Waals surface area contributed by atoms with Crippen molar-refractivity contribution in [1.82, 2.24) is 9.88 Å². The predicted octanol–water partition coefficient (Wildman–Crippen LogP) is 3.66. The average Bonchev–Trinajstić information content (AvgIpc) is 3.20. The number of aromatic nitrogens is 1. The van der Waals surface area contributed by atoms with E-state index < -0.39 is 10.0 Å². The number of nitrogens with one attached hydrogen (secondary N) is 1. The first-order valence-electron chi connectivity index (χ1n) is 10.7. The highest BCUT2D eigenvalue weighted by molar-refractivity contribution is 7.92. The number of anilines is 1. The highest BCUT2D eigenvalue weighted by atomic mass is 32.2. The first-order valence-corrected chi connectivity index (χ1v) is 12.6. The summed E-state index contributed by atoms with van der Waals surface area (Å²) < 4.78 is 31.4. The number of hydrogen-bond acceptors (Lipinski definition) is 4. The second-order valence-electron chi connectivity index (χ2n) is 8.37. The molecule has 1 N–H and O–H groups in total. The van der Waals surface area contributed by atoms with E-state index in [1.807, 2.05) is 37.3 Å². The Labute approximate surface area is 189 Å². The number of carbonyl (C=O) groups excluding carboxylic acids is 1. The van der Waals surface area contributed by atoms with E-state index in [0.717, 1.165) is 41.3 Å². The zero-order valence-electron chi connectivity index (χ0n) is 18.7. The van der Waals surface area contributed by atoms with Gasteiger partial charge in [-0.05, 0) is 61.1 Å². The lowest BCUT2D eigenvalue weighted by atomic mass is 9.89. The highest BCUT2D eigenvalue weighted by Crippen LogP contribution is 2.35. The van der Waals surface area contributed by atoms with E-state index in [0.29, 0.717) is 24.7 Å². The lowest BCUT2D eigenvalue weighted by molar-refractivity contribution is -0.130. The van der Waals surface area contributed by atoms with Gasteiger partial charge in [0.05, 0.1) is 19.1 Å². The molecule has 0 aliphatic carbocycles. The second kappa shape index (κ2) is 8.86. The van der Waals surface area contributed by atoms with Gasteiger partial charge in [-0.2, -0.15) is 0 Å². The number of piperidine rings is 1. The SMILES string of the molecule is COc1ccc2[nH]cc(C3CCN(C(=O)CN(c4ccccc4C)S(C)(=O)=O)CC3)c2c1. The maximum absolute atomic E-state index is 13.0. The van der Waals surface area contributed by atoms with Gasteiger partial charge in [-0.3, -0.25) is 9.10 Å². The molecule has 32 heavy (non-hydrogen) atoms. The van der Waals surface area contributed by atoms with Crippen LogP contribution in [0.5, 0.6) is 5.75 Å². The molecule has 2 aromatic carbocycles. The number of amides is 1. The number of aryl methyl sites for hydroxylation is 1. The minimum Gasteiger partial charge on any atom is -0.497 e. The van der Waals surface area contributed by atoms with E-state index in [2.05, 4.69) is 11.2 Å². The van der Waals surface area contributed by atoms with Crippen molar-refractivity contribution in [3.8, 4) is 5.75 Å². The Morgan fingerprint density at radius 3 is 2.56 bits per heavy atom. The van der Waals surface area contributed by atoms with Crippen LogP contribution < -0.4 is 9.04 Å². The summed E-state index contributed by atoms with van der Waals surface area (Å²) in [5.41, 5.74) is 3.68. The quantitative estimate of drug-likeness (QED) is 0.615. The van der Waals surface area contributed by atoms with Crippen molar-refractivity contribution in [2.24, 2.45) is 0 Å². The van der Waals surface area contributed by atoms with Gasteiger partial charge in [0.15, 0.2) is 0 Å². The molecule has 1 aliphatic rings. The molecule has 1 aliphatic heterocycles. The van der Waals surface area contributed by atoms with E-state index in [4.69, 9.17) is 4.74 Å². The molecule has 0 atom stereocenters. The Kier molecular flexibility index (Phi) is 6.15. The molecule has 8 heteroatoms. The number of hydrogen-bond donors (Lipinski definition) is 1. The van der Waals surface area contributed by atoms with Crippen LogP contribution in [-0.2, 0) is 14.8 Å². The number of para-hydroxylation sites is 1. The fraction of sp³-hybridized carbons (Fsp3) is 0.375. The molecule has 7 nitrogen and oxygen atoms in total.